The summed E-state index contributed by atoms with van der Waals surface area (Å²) in [5.74, 6) is -0.343. The van der Waals surface area contributed by atoms with Crippen molar-refractivity contribution >= 4 is 27.5 Å². The quantitative estimate of drug-likeness (QED) is 0.414. The Balaban J connectivity index is 1.24. The molecular weight excluding hydrogens is 452 g/mol. The van der Waals surface area contributed by atoms with Gasteiger partial charge in [0, 0.05) is 42.7 Å². The Morgan fingerprint density at radius 1 is 0.941 bits per heavy atom. The molecule has 1 saturated carbocycles. The molecule has 1 fully saturated rings. The molecule has 8 nitrogen and oxygen atoms in total. The number of nitrogens with zero attached hydrogens (tertiary/aromatic N) is 1. The van der Waals surface area contributed by atoms with Crippen LogP contribution in [0.1, 0.15) is 40.7 Å². The molecule has 0 spiro atoms. The minimum Gasteiger partial charge on any atom is -0.352 e. The molecule has 0 saturated heterocycles. The van der Waals surface area contributed by atoms with Crippen molar-refractivity contribution in [1.29, 1.82) is 0 Å². The zero-order chi connectivity index (χ0) is 24.0. The largest absolute Gasteiger partial charge is 0.352 e. The molecule has 0 unspecified atom stereocenters. The van der Waals surface area contributed by atoms with Gasteiger partial charge in [-0.1, -0.05) is 24.3 Å². The Labute approximate surface area is 198 Å². The Hall–Kier alpha value is -3.56. The van der Waals surface area contributed by atoms with Gasteiger partial charge in [-0.15, -0.1) is 0 Å². The van der Waals surface area contributed by atoms with Crippen molar-refractivity contribution in [1.82, 2.24) is 15.0 Å². The molecule has 1 aliphatic rings. The molecule has 0 atom stereocenters. The lowest BCUT2D eigenvalue weighted by atomic mass is 10.1. The molecule has 1 aliphatic carbocycles. The van der Waals surface area contributed by atoms with Gasteiger partial charge in [-0.3, -0.25) is 14.6 Å². The number of aryl methyl sites for hydroxylation is 1. The van der Waals surface area contributed by atoms with Crippen molar-refractivity contribution in [3.63, 3.8) is 0 Å². The first-order chi connectivity index (χ1) is 16.4. The third-order valence-electron chi connectivity index (χ3n) is 5.39. The Morgan fingerprint density at radius 2 is 1.68 bits per heavy atom. The molecule has 2 aromatic carbocycles. The van der Waals surface area contributed by atoms with E-state index in [0.717, 1.165) is 24.0 Å². The van der Waals surface area contributed by atoms with Crippen LogP contribution in [0, 0.1) is 0 Å². The van der Waals surface area contributed by atoms with Crippen LogP contribution in [0.4, 0.5) is 5.69 Å². The number of sulfonamides is 1. The Kier molecular flexibility index (Phi) is 7.34. The summed E-state index contributed by atoms with van der Waals surface area (Å²) >= 11 is 0. The summed E-state index contributed by atoms with van der Waals surface area (Å²) in [6.45, 7) is 0.335. The van der Waals surface area contributed by atoms with E-state index in [1.54, 1.807) is 54.9 Å². The molecule has 1 heterocycles. The SMILES string of the molecule is O=C(CCc1ccc(S(=O)(=O)NC2CC2)cc1)NCc1cccc(NC(=O)c2ccncc2)c1. The number of amides is 2. The van der Waals surface area contributed by atoms with Crippen molar-refractivity contribution in [2.24, 2.45) is 0 Å². The zero-order valence-electron chi connectivity index (χ0n) is 18.5. The van der Waals surface area contributed by atoms with Crippen LogP contribution in [0.3, 0.4) is 0 Å². The van der Waals surface area contributed by atoms with Gasteiger partial charge in [-0.05, 0) is 66.8 Å². The minimum absolute atomic E-state index is 0.0618. The van der Waals surface area contributed by atoms with Crippen LogP contribution in [0.5, 0.6) is 0 Å². The van der Waals surface area contributed by atoms with Crippen LogP contribution in [0.15, 0.2) is 78.0 Å². The number of rotatable bonds is 10. The molecule has 9 heteroatoms. The number of hydrogen-bond acceptors (Lipinski definition) is 5. The molecule has 0 bridgehead atoms. The zero-order valence-corrected chi connectivity index (χ0v) is 19.3. The third-order valence-corrected chi connectivity index (χ3v) is 6.93. The highest BCUT2D eigenvalue weighted by Gasteiger charge is 2.27. The maximum atomic E-state index is 12.3. The van der Waals surface area contributed by atoms with E-state index in [0.29, 0.717) is 24.2 Å². The van der Waals surface area contributed by atoms with Gasteiger partial charge in [0.1, 0.15) is 0 Å². The maximum absolute atomic E-state index is 12.3. The lowest BCUT2D eigenvalue weighted by molar-refractivity contribution is -0.121. The highest BCUT2D eigenvalue weighted by molar-refractivity contribution is 7.89. The van der Waals surface area contributed by atoms with Crippen LogP contribution in [0.2, 0.25) is 0 Å². The number of pyridine rings is 1. The van der Waals surface area contributed by atoms with Crippen molar-refractivity contribution < 1.29 is 18.0 Å². The van der Waals surface area contributed by atoms with E-state index in [4.69, 9.17) is 0 Å². The number of aromatic nitrogens is 1. The summed E-state index contributed by atoms with van der Waals surface area (Å²) in [5, 5.41) is 5.71. The van der Waals surface area contributed by atoms with Crippen LogP contribution >= 0.6 is 0 Å². The predicted octanol–water partition coefficient (Wildman–Crippen LogP) is 3.02. The first-order valence-electron chi connectivity index (χ1n) is 11.1. The van der Waals surface area contributed by atoms with Crippen molar-refractivity contribution in [2.75, 3.05) is 5.32 Å². The number of hydrogen-bond donors (Lipinski definition) is 3. The average Bonchev–Trinajstić information content (AvgIpc) is 3.66. The highest BCUT2D eigenvalue weighted by atomic mass is 32.2. The van der Waals surface area contributed by atoms with E-state index in [1.807, 2.05) is 18.2 Å². The summed E-state index contributed by atoms with van der Waals surface area (Å²) in [6.07, 6.45) is 5.68. The second kappa shape index (κ2) is 10.6. The molecule has 1 aromatic heterocycles. The molecule has 176 valence electrons. The van der Waals surface area contributed by atoms with Crippen molar-refractivity contribution in [2.45, 2.75) is 43.2 Å². The van der Waals surface area contributed by atoms with Crippen molar-refractivity contribution in [3.05, 3.63) is 89.7 Å². The van der Waals surface area contributed by atoms with E-state index in [9.17, 15) is 18.0 Å². The lowest BCUT2D eigenvalue weighted by Gasteiger charge is -2.09. The van der Waals surface area contributed by atoms with Gasteiger partial charge in [0.05, 0.1) is 4.90 Å². The van der Waals surface area contributed by atoms with E-state index >= 15 is 0 Å². The normalized spacial score (nSPS) is 13.3. The van der Waals surface area contributed by atoms with Gasteiger partial charge >= 0.3 is 0 Å². The van der Waals surface area contributed by atoms with Gasteiger partial charge in [-0.25, -0.2) is 13.1 Å². The summed E-state index contributed by atoms with van der Waals surface area (Å²) in [7, 11) is -3.47. The maximum Gasteiger partial charge on any atom is 0.255 e. The fraction of sp³-hybridized carbons (Fsp3) is 0.240. The summed E-state index contributed by atoms with van der Waals surface area (Å²) in [5.41, 5.74) is 2.90. The Morgan fingerprint density at radius 3 is 2.38 bits per heavy atom. The number of carbonyl (C=O) groups excluding carboxylic acids is 2. The molecule has 4 rings (SSSR count). The Bertz CT molecular complexity index is 1260. The molecule has 2 amide bonds. The average molecular weight is 479 g/mol. The number of carbonyl (C=O) groups is 2. The van der Waals surface area contributed by atoms with Crippen LogP contribution < -0.4 is 15.4 Å². The minimum atomic E-state index is -3.47. The fourth-order valence-electron chi connectivity index (χ4n) is 3.34. The molecular formula is C25H26N4O4S. The first-order valence-corrected chi connectivity index (χ1v) is 12.6. The van der Waals surface area contributed by atoms with Gasteiger partial charge in [0.2, 0.25) is 15.9 Å². The number of anilines is 1. The monoisotopic (exact) mass is 478 g/mol. The standard InChI is InChI=1S/C25H26N4O4S/c30-24(11-6-18-4-9-23(10-5-18)34(32,33)29-21-7-8-21)27-17-19-2-1-3-22(16-19)28-25(31)20-12-14-26-15-13-20/h1-5,9-10,12-16,21,29H,6-8,11,17H2,(H,27,30)(H,28,31). The second-order valence-corrected chi connectivity index (χ2v) is 9.92. The summed E-state index contributed by atoms with van der Waals surface area (Å²) in [4.78, 5) is 28.7. The second-order valence-electron chi connectivity index (χ2n) is 8.21. The highest BCUT2D eigenvalue weighted by Crippen LogP contribution is 2.22. The molecule has 3 aromatic rings. The van der Waals surface area contributed by atoms with Crippen LogP contribution in [0.25, 0.3) is 0 Å². The molecule has 0 aliphatic heterocycles. The van der Waals surface area contributed by atoms with Gasteiger partial charge in [-0.2, -0.15) is 0 Å². The molecule has 0 radical (unpaired) electrons. The van der Waals surface area contributed by atoms with E-state index in [1.165, 1.54) is 0 Å². The predicted molar refractivity (Wildman–Crippen MR) is 129 cm³/mol. The first kappa shape index (κ1) is 23.6. The number of nitrogens with one attached hydrogen (secondary N) is 3. The van der Waals surface area contributed by atoms with Crippen LogP contribution in [-0.2, 0) is 27.8 Å². The van der Waals surface area contributed by atoms with Gasteiger partial charge < -0.3 is 10.6 Å². The lowest BCUT2D eigenvalue weighted by Crippen LogP contribution is -2.25. The molecule has 34 heavy (non-hydrogen) atoms. The smallest absolute Gasteiger partial charge is 0.255 e. The third kappa shape index (κ3) is 6.72. The molecule has 3 N–H and O–H groups in total. The van der Waals surface area contributed by atoms with Gasteiger partial charge in [0.15, 0.2) is 0 Å². The van der Waals surface area contributed by atoms with E-state index < -0.39 is 10.0 Å². The van der Waals surface area contributed by atoms with E-state index in [-0.39, 0.29) is 29.2 Å². The van der Waals surface area contributed by atoms with E-state index in [2.05, 4.69) is 20.3 Å². The van der Waals surface area contributed by atoms with Crippen LogP contribution in [-0.4, -0.2) is 31.3 Å². The summed E-state index contributed by atoms with van der Waals surface area (Å²) < 4.78 is 27.1. The van der Waals surface area contributed by atoms with Crippen molar-refractivity contribution in [3.8, 4) is 0 Å². The van der Waals surface area contributed by atoms with Gasteiger partial charge in [0.25, 0.3) is 5.91 Å². The fourth-order valence-corrected chi connectivity index (χ4v) is 4.64. The topological polar surface area (TPSA) is 117 Å². The number of benzene rings is 2. The summed E-state index contributed by atoms with van der Waals surface area (Å²) in [6, 6.07) is 17.2.